The topological polar surface area (TPSA) is 54.0 Å². The third-order valence-corrected chi connectivity index (χ3v) is 4.51. The normalized spacial score (nSPS) is 13.4. The van der Waals surface area contributed by atoms with Gasteiger partial charge in [-0.3, -0.25) is 9.78 Å². The number of aryl methyl sites for hydroxylation is 2. The molecule has 0 atom stereocenters. The Labute approximate surface area is 141 Å². The van der Waals surface area contributed by atoms with Crippen LogP contribution >= 0.6 is 0 Å². The summed E-state index contributed by atoms with van der Waals surface area (Å²) in [5.41, 5.74) is 5.17. The lowest BCUT2D eigenvalue weighted by Gasteiger charge is -2.21. The van der Waals surface area contributed by atoms with Crippen LogP contribution in [0.3, 0.4) is 0 Å². The van der Waals surface area contributed by atoms with Crippen LogP contribution in [0, 0.1) is 12.7 Å². The lowest BCUT2D eigenvalue weighted by molar-refractivity contribution is -0.121. The van der Waals surface area contributed by atoms with Crippen molar-refractivity contribution >= 4 is 5.91 Å². The third kappa shape index (κ3) is 3.79. The van der Waals surface area contributed by atoms with Crippen LogP contribution in [0.25, 0.3) is 0 Å². The average molecular weight is 327 g/mol. The first kappa shape index (κ1) is 16.6. The number of aromatic nitrogens is 1. The summed E-state index contributed by atoms with van der Waals surface area (Å²) in [6, 6.07) is 6.58. The number of hydrogen-bond donors (Lipinski definition) is 2. The molecule has 1 amide bonds. The number of halogens is 1. The molecule has 0 bridgehead atoms. The van der Waals surface area contributed by atoms with E-state index in [1.54, 1.807) is 18.2 Å². The second-order valence-corrected chi connectivity index (χ2v) is 6.12. The first-order valence-electron chi connectivity index (χ1n) is 8.32. The van der Waals surface area contributed by atoms with Gasteiger partial charge in [0.2, 0.25) is 5.91 Å². The van der Waals surface area contributed by atoms with Gasteiger partial charge >= 0.3 is 0 Å². The van der Waals surface area contributed by atoms with Gasteiger partial charge < -0.3 is 10.6 Å². The highest BCUT2D eigenvalue weighted by atomic mass is 19.1. The van der Waals surface area contributed by atoms with Gasteiger partial charge in [0.25, 0.3) is 0 Å². The van der Waals surface area contributed by atoms with Crippen LogP contribution in [0.15, 0.2) is 30.5 Å². The predicted octanol–water partition coefficient (Wildman–Crippen LogP) is 2.42. The Balaban J connectivity index is 1.60. The van der Waals surface area contributed by atoms with Crippen molar-refractivity contribution in [3.63, 3.8) is 0 Å². The molecule has 2 N–H and O–H groups in total. The van der Waals surface area contributed by atoms with Crippen LogP contribution in [-0.4, -0.2) is 17.4 Å². The molecule has 2 aromatic rings. The fraction of sp³-hybridized carbons (Fsp3) is 0.368. The van der Waals surface area contributed by atoms with Crippen molar-refractivity contribution < 1.29 is 9.18 Å². The third-order valence-electron chi connectivity index (χ3n) is 4.51. The Morgan fingerprint density at radius 2 is 2.21 bits per heavy atom. The van der Waals surface area contributed by atoms with Crippen LogP contribution in [0.2, 0.25) is 0 Å². The Morgan fingerprint density at radius 3 is 3.04 bits per heavy atom. The van der Waals surface area contributed by atoms with Crippen molar-refractivity contribution in [2.45, 2.75) is 39.3 Å². The maximum atomic E-state index is 13.6. The number of hydrogen-bond acceptors (Lipinski definition) is 3. The van der Waals surface area contributed by atoms with Crippen molar-refractivity contribution in [2.75, 3.05) is 6.54 Å². The number of amides is 1. The highest BCUT2D eigenvalue weighted by Gasteiger charge is 2.16. The van der Waals surface area contributed by atoms with Gasteiger partial charge in [0.15, 0.2) is 0 Å². The van der Waals surface area contributed by atoms with E-state index >= 15 is 0 Å². The van der Waals surface area contributed by atoms with Crippen molar-refractivity contribution in [3.8, 4) is 0 Å². The van der Waals surface area contributed by atoms with Crippen molar-refractivity contribution in [1.82, 2.24) is 15.6 Å². The van der Waals surface area contributed by atoms with E-state index < -0.39 is 0 Å². The molecule has 3 rings (SSSR count). The van der Waals surface area contributed by atoms with Gasteiger partial charge in [0.1, 0.15) is 5.82 Å². The molecule has 0 fully saturated rings. The number of pyridine rings is 1. The van der Waals surface area contributed by atoms with Crippen LogP contribution in [0.5, 0.6) is 0 Å². The first-order valence-corrected chi connectivity index (χ1v) is 8.32. The minimum absolute atomic E-state index is 0.0656. The van der Waals surface area contributed by atoms with E-state index in [1.165, 1.54) is 17.2 Å². The van der Waals surface area contributed by atoms with Gasteiger partial charge in [0, 0.05) is 31.4 Å². The van der Waals surface area contributed by atoms with E-state index in [1.807, 2.05) is 13.1 Å². The molecule has 0 aliphatic carbocycles. The Bertz CT molecular complexity index is 745. The highest BCUT2D eigenvalue weighted by molar-refractivity contribution is 5.76. The molecule has 0 saturated heterocycles. The second-order valence-electron chi connectivity index (χ2n) is 6.12. The molecule has 0 radical (unpaired) electrons. The maximum absolute atomic E-state index is 13.6. The molecule has 1 aliphatic rings. The SMILES string of the molecule is Cc1ncc2c(c1CNC(=O)CCc1ccccc1F)CCNC2. The second kappa shape index (κ2) is 7.53. The lowest BCUT2D eigenvalue weighted by atomic mass is 9.96. The lowest BCUT2D eigenvalue weighted by Crippen LogP contribution is -2.29. The zero-order valence-electron chi connectivity index (χ0n) is 13.9. The van der Waals surface area contributed by atoms with Crippen LogP contribution < -0.4 is 10.6 Å². The van der Waals surface area contributed by atoms with E-state index in [-0.39, 0.29) is 18.1 Å². The molecule has 0 saturated carbocycles. The van der Waals surface area contributed by atoms with E-state index in [9.17, 15) is 9.18 Å². The number of benzene rings is 1. The number of carbonyl (C=O) groups excluding carboxylic acids is 1. The monoisotopic (exact) mass is 327 g/mol. The summed E-state index contributed by atoms with van der Waals surface area (Å²) in [4.78, 5) is 16.5. The Hall–Kier alpha value is -2.27. The molecular weight excluding hydrogens is 305 g/mol. The van der Waals surface area contributed by atoms with Gasteiger partial charge in [-0.25, -0.2) is 4.39 Å². The van der Waals surface area contributed by atoms with Gasteiger partial charge in [-0.1, -0.05) is 18.2 Å². The number of carbonyl (C=O) groups is 1. The average Bonchev–Trinajstić information content (AvgIpc) is 2.60. The van der Waals surface area contributed by atoms with Crippen molar-refractivity contribution in [2.24, 2.45) is 0 Å². The molecule has 1 aromatic heterocycles. The Morgan fingerprint density at radius 1 is 1.38 bits per heavy atom. The number of nitrogens with one attached hydrogen (secondary N) is 2. The molecule has 1 aromatic carbocycles. The summed E-state index contributed by atoms with van der Waals surface area (Å²) in [6.45, 7) is 4.24. The van der Waals surface area contributed by atoms with Crippen LogP contribution in [0.4, 0.5) is 4.39 Å². The van der Waals surface area contributed by atoms with Crippen LogP contribution in [-0.2, 0) is 30.7 Å². The quantitative estimate of drug-likeness (QED) is 0.887. The van der Waals surface area contributed by atoms with Gasteiger partial charge in [-0.05, 0) is 54.6 Å². The fourth-order valence-corrected chi connectivity index (χ4v) is 3.10. The molecule has 126 valence electrons. The smallest absolute Gasteiger partial charge is 0.220 e. The highest BCUT2D eigenvalue weighted by Crippen LogP contribution is 2.20. The van der Waals surface area contributed by atoms with Gasteiger partial charge in [-0.2, -0.15) is 0 Å². The summed E-state index contributed by atoms with van der Waals surface area (Å²) in [5, 5.41) is 6.29. The standard InChI is InChI=1S/C19H22FN3O/c1-13-17(16-8-9-21-10-15(16)11-22-13)12-23-19(24)7-6-14-4-2-3-5-18(14)20/h2-5,11,21H,6-10,12H2,1H3,(H,23,24). The summed E-state index contributed by atoms with van der Waals surface area (Å²) < 4.78 is 13.6. The summed E-state index contributed by atoms with van der Waals surface area (Å²) in [6.07, 6.45) is 3.57. The van der Waals surface area contributed by atoms with E-state index in [4.69, 9.17) is 0 Å². The molecule has 2 heterocycles. The van der Waals surface area contributed by atoms with Crippen LogP contribution in [0.1, 0.15) is 34.4 Å². The van der Waals surface area contributed by atoms with Crippen molar-refractivity contribution in [1.29, 1.82) is 0 Å². The number of fused-ring (bicyclic) bond motifs is 1. The minimum atomic E-state index is -0.255. The van der Waals surface area contributed by atoms with E-state index in [0.29, 0.717) is 18.5 Å². The minimum Gasteiger partial charge on any atom is -0.352 e. The van der Waals surface area contributed by atoms with Crippen molar-refractivity contribution in [3.05, 3.63) is 64.2 Å². The zero-order valence-corrected chi connectivity index (χ0v) is 13.9. The molecule has 1 aliphatic heterocycles. The molecule has 24 heavy (non-hydrogen) atoms. The Kier molecular flexibility index (Phi) is 5.20. The molecule has 5 heteroatoms. The number of rotatable bonds is 5. The van der Waals surface area contributed by atoms with E-state index in [0.717, 1.165) is 30.8 Å². The molecular formula is C19H22FN3O. The molecule has 4 nitrogen and oxygen atoms in total. The van der Waals surface area contributed by atoms with Gasteiger partial charge in [0.05, 0.1) is 0 Å². The fourth-order valence-electron chi connectivity index (χ4n) is 3.10. The summed E-state index contributed by atoms with van der Waals surface area (Å²) in [7, 11) is 0. The first-order chi connectivity index (χ1) is 11.6. The maximum Gasteiger partial charge on any atom is 0.220 e. The van der Waals surface area contributed by atoms with E-state index in [2.05, 4.69) is 15.6 Å². The summed E-state index contributed by atoms with van der Waals surface area (Å²) in [5.74, 6) is -0.320. The summed E-state index contributed by atoms with van der Waals surface area (Å²) >= 11 is 0. The molecule has 0 spiro atoms. The largest absolute Gasteiger partial charge is 0.352 e. The number of nitrogens with zero attached hydrogens (tertiary/aromatic N) is 1. The zero-order chi connectivity index (χ0) is 16.9. The predicted molar refractivity (Wildman–Crippen MR) is 91.0 cm³/mol. The molecule has 0 unspecified atom stereocenters. The van der Waals surface area contributed by atoms with Gasteiger partial charge in [-0.15, -0.1) is 0 Å².